The van der Waals surface area contributed by atoms with Crippen LogP contribution in [-0.4, -0.2) is 32.8 Å². The lowest BCUT2D eigenvalue weighted by atomic mass is 10.2. The SMILES string of the molecule is COc1ccc(OC(=O)c2ccc(OCCCCCOC=O)cc2)cc1. The molecule has 0 amide bonds. The molecule has 0 atom stereocenters. The fourth-order valence-electron chi connectivity index (χ4n) is 2.20. The molecule has 0 bridgehead atoms. The average molecular weight is 358 g/mol. The van der Waals surface area contributed by atoms with E-state index in [9.17, 15) is 9.59 Å². The molecule has 0 heterocycles. The van der Waals surface area contributed by atoms with E-state index in [1.807, 2.05) is 0 Å². The molecule has 6 nitrogen and oxygen atoms in total. The molecule has 0 aromatic heterocycles. The summed E-state index contributed by atoms with van der Waals surface area (Å²) < 4.78 is 20.6. The summed E-state index contributed by atoms with van der Waals surface area (Å²) in [5.41, 5.74) is 0.444. The van der Waals surface area contributed by atoms with E-state index in [-0.39, 0.29) is 0 Å². The second kappa shape index (κ2) is 10.8. The quantitative estimate of drug-likeness (QED) is 0.264. The summed E-state index contributed by atoms with van der Waals surface area (Å²) >= 11 is 0. The lowest BCUT2D eigenvalue weighted by molar-refractivity contribution is -0.128. The number of benzene rings is 2. The minimum absolute atomic E-state index is 0.433. The van der Waals surface area contributed by atoms with Gasteiger partial charge in [0.25, 0.3) is 6.47 Å². The van der Waals surface area contributed by atoms with Crippen molar-refractivity contribution in [3.05, 3.63) is 54.1 Å². The van der Waals surface area contributed by atoms with Gasteiger partial charge in [0, 0.05) is 0 Å². The Morgan fingerprint density at radius 2 is 1.46 bits per heavy atom. The Balaban J connectivity index is 1.75. The largest absolute Gasteiger partial charge is 0.497 e. The number of ether oxygens (including phenoxy) is 4. The van der Waals surface area contributed by atoms with Crippen LogP contribution in [0.5, 0.6) is 17.2 Å². The summed E-state index contributed by atoms with van der Waals surface area (Å²) in [6.07, 6.45) is 2.60. The van der Waals surface area contributed by atoms with Crippen LogP contribution < -0.4 is 14.2 Å². The Kier molecular flexibility index (Phi) is 7.99. The summed E-state index contributed by atoms with van der Waals surface area (Å²) in [6, 6.07) is 13.6. The molecule has 6 heteroatoms. The first-order valence-electron chi connectivity index (χ1n) is 8.37. The first-order chi connectivity index (χ1) is 12.7. The van der Waals surface area contributed by atoms with E-state index in [0.29, 0.717) is 42.5 Å². The minimum Gasteiger partial charge on any atom is -0.497 e. The molecule has 26 heavy (non-hydrogen) atoms. The van der Waals surface area contributed by atoms with Crippen molar-refractivity contribution < 1.29 is 28.5 Å². The maximum absolute atomic E-state index is 12.1. The number of esters is 1. The molecule has 0 aliphatic heterocycles. The highest BCUT2D eigenvalue weighted by Gasteiger charge is 2.09. The number of hydrogen-bond donors (Lipinski definition) is 0. The summed E-state index contributed by atoms with van der Waals surface area (Å²) in [5, 5.41) is 0. The van der Waals surface area contributed by atoms with Crippen LogP contribution in [0.4, 0.5) is 0 Å². The first-order valence-corrected chi connectivity index (χ1v) is 8.37. The third-order valence-electron chi connectivity index (χ3n) is 3.60. The topological polar surface area (TPSA) is 71.1 Å². The molecule has 0 spiro atoms. The van der Waals surface area contributed by atoms with E-state index >= 15 is 0 Å². The van der Waals surface area contributed by atoms with Gasteiger partial charge in [-0.15, -0.1) is 0 Å². The van der Waals surface area contributed by atoms with Gasteiger partial charge in [0.05, 0.1) is 25.9 Å². The van der Waals surface area contributed by atoms with Gasteiger partial charge in [-0.05, 0) is 67.8 Å². The van der Waals surface area contributed by atoms with Gasteiger partial charge in [-0.2, -0.15) is 0 Å². The summed E-state index contributed by atoms with van der Waals surface area (Å²) in [7, 11) is 1.58. The van der Waals surface area contributed by atoms with Crippen LogP contribution in [0, 0.1) is 0 Å². The molecule has 0 saturated heterocycles. The third kappa shape index (κ3) is 6.47. The molecule has 0 unspecified atom stereocenters. The Morgan fingerprint density at radius 1 is 0.846 bits per heavy atom. The zero-order chi connectivity index (χ0) is 18.6. The van der Waals surface area contributed by atoms with Crippen molar-refractivity contribution in [3.8, 4) is 17.2 Å². The van der Waals surface area contributed by atoms with Crippen LogP contribution >= 0.6 is 0 Å². The average Bonchev–Trinajstić information content (AvgIpc) is 2.68. The molecule has 2 rings (SSSR count). The van der Waals surface area contributed by atoms with Crippen LogP contribution in [0.2, 0.25) is 0 Å². The molecule has 0 fully saturated rings. The van der Waals surface area contributed by atoms with Gasteiger partial charge in [0.15, 0.2) is 0 Å². The molecule has 0 radical (unpaired) electrons. The molecule has 2 aromatic rings. The van der Waals surface area contributed by atoms with Crippen molar-refractivity contribution in [2.75, 3.05) is 20.3 Å². The van der Waals surface area contributed by atoms with Crippen molar-refractivity contribution in [2.24, 2.45) is 0 Å². The van der Waals surface area contributed by atoms with E-state index in [2.05, 4.69) is 4.74 Å². The number of rotatable bonds is 11. The van der Waals surface area contributed by atoms with E-state index in [0.717, 1.165) is 19.3 Å². The van der Waals surface area contributed by atoms with Crippen LogP contribution in [0.3, 0.4) is 0 Å². The summed E-state index contributed by atoms with van der Waals surface area (Å²) in [5.74, 6) is 1.41. The maximum atomic E-state index is 12.1. The van der Waals surface area contributed by atoms with E-state index in [1.165, 1.54) is 0 Å². The van der Waals surface area contributed by atoms with E-state index in [4.69, 9.17) is 14.2 Å². The predicted molar refractivity (Wildman–Crippen MR) is 95.8 cm³/mol. The van der Waals surface area contributed by atoms with Crippen LogP contribution in [0.25, 0.3) is 0 Å². The maximum Gasteiger partial charge on any atom is 0.343 e. The fourth-order valence-corrected chi connectivity index (χ4v) is 2.20. The van der Waals surface area contributed by atoms with E-state index in [1.54, 1.807) is 55.6 Å². The summed E-state index contributed by atoms with van der Waals surface area (Å²) in [6.45, 7) is 1.46. The van der Waals surface area contributed by atoms with Crippen LogP contribution in [-0.2, 0) is 9.53 Å². The van der Waals surface area contributed by atoms with Crippen molar-refractivity contribution in [1.82, 2.24) is 0 Å². The molecule has 0 N–H and O–H groups in total. The number of hydrogen-bond acceptors (Lipinski definition) is 6. The molecular formula is C20H22O6. The van der Waals surface area contributed by atoms with E-state index < -0.39 is 5.97 Å². The first kappa shape index (κ1) is 19.3. The highest BCUT2D eigenvalue weighted by molar-refractivity contribution is 5.91. The molecule has 138 valence electrons. The number of carbonyl (C=O) groups excluding carboxylic acids is 2. The fraction of sp³-hybridized carbons (Fsp3) is 0.300. The van der Waals surface area contributed by atoms with Gasteiger partial charge in [-0.3, -0.25) is 4.79 Å². The van der Waals surface area contributed by atoms with Gasteiger partial charge in [-0.25, -0.2) is 4.79 Å². The summed E-state index contributed by atoms with van der Waals surface area (Å²) in [4.78, 5) is 22.1. The van der Waals surface area contributed by atoms with Crippen molar-refractivity contribution in [2.45, 2.75) is 19.3 Å². The van der Waals surface area contributed by atoms with Crippen molar-refractivity contribution >= 4 is 12.4 Å². The predicted octanol–water partition coefficient (Wildman–Crippen LogP) is 3.64. The highest BCUT2D eigenvalue weighted by Crippen LogP contribution is 2.19. The normalized spacial score (nSPS) is 10.0. The number of carbonyl (C=O) groups is 2. The van der Waals surface area contributed by atoms with Gasteiger partial charge < -0.3 is 18.9 Å². The standard InChI is InChI=1S/C20H22O6/c1-23-17-9-11-19(12-10-17)26-20(22)16-5-7-18(8-6-16)25-14-4-2-3-13-24-15-21/h5-12,15H,2-4,13-14H2,1H3. The number of methoxy groups -OCH3 is 1. The Hall–Kier alpha value is -3.02. The zero-order valence-corrected chi connectivity index (χ0v) is 14.7. The van der Waals surface area contributed by atoms with Crippen molar-refractivity contribution in [1.29, 1.82) is 0 Å². The molecule has 2 aromatic carbocycles. The Bertz CT molecular complexity index is 678. The minimum atomic E-state index is -0.433. The van der Waals surface area contributed by atoms with Gasteiger partial charge >= 0.3 is 5.97 Å². The van der Waals surface area contributed by atoms with Gasteiger partial charge in [-0.1, -0.05) is 0 Å². The Morgan fingerprint density at radius 3 is 2.12 bits per heavy atom. The second-order valence-corrected chi connectivity index (χ2v) is 5.47. The molecular weight excluding hydrogens is 336 g/mol. The monoisotopic (exact) mass is 358 g/mol. The van der Waals surface area contributed by atoms with Crippen LogP contribution in [0.1, 0.15) is 29.6 Å². The lowest BCUT2D eigenvalue weighted by Crippen LogP contribution is -2.08. The zero-order valence-electron chi connectivity index (χ0n) is 14.7. The van der Waals surface area contributed by atoms with Crippen LogP contribution in [0.15, 0.2) is 48.5 Å². The second-order valence-electron chi connectivity index (χ2n) is 5.47. The lowest BCUT2D eigenvalue weighted by Gasteiger charge is -2.08. The third-order valence-corrected chi connectivity index (χ3v) is 3.60. The number of unbranched alkanes of at least 4 members (excludes halogenated alkanes) is 2. The Labute approximate surface area is 152 Å². The molecule has 0 saturated carbocycles. The smallest absolute Gasteiger partial charge is 0.343 e. The highest BCUT2D eigenvalue weighted by atomic mass is 16.5. The molecule has 0 aliphatic rings. The van der Waals surface area contributed by atoms with Crippen molar-refractivity contribution in [3.63, 3.8) is 0 Å². The molecule has 0 aliphatic carbocycles. The van der Waals surface area contributed by atoms with Gasteiger partial charge in [0.1, 0.15) is 17.2 Å². The van der Waals surface area contributed by atoms with Gasteiger partial charge in [0.2, 0.25) is 0 Å².